The third-order valence-electron chi connectivity index (χ3n) is 7.83. The van der Waals surface area contributed by atoms with Crippen LogP contribution in [0.15, 0.2) is 12.2 Å². The summed E-state index contributed by atoms with van der Waals surface area (Å²) in [7, 11) is -2.60. The Morgan fingerprint density at radius 3 is 2.08 bits per heavy atom. The molecule has 4 saturated heterocycles. The molecule has 0 aromatic heterocycles. The molecule has 5 rings (SSSR count). The van der Waals surface area contributed by atoms with Crippen molar-refractivity contribution in [1.29, 1.82) is 0 Å². The van der Waals surface area contributed by atoms with Crippen LogP contribution in [0.2, 0.25) is 10.1 Å². The second-order valence-electron chi connectivity index (χ2n) is 13.9. The maximum Gasteiger partial charge on any atom is 0.349 e. The minimum Gasteiger partial charge on any atom is -0.391 e. The standard InChI is InChI=1S/C27H44O9Si/c1-24(2,3)37(25(4,5)6)29-14-18-17(36-37)12-11-15(30-18)13-16(28)19-20-21(33-26(7,8)32-20)22-23(31-19)35-27(9,10)34-22/h11-12,15,17-23H,13-14H2,1-10H3/t15-,17+,18-,19-,20+,21+,22-,23-/m1/s1. The highest BCUT2D eigenvalue weighted by molar-refractivity contribution is 6.73. The van der Waals surface area contributed by atoms with Gasteiger partial charge in [-0.25, -0.2) is 0 Å². The van der Waals surface area contributed by atoms with Crippen molar-refractivity contribution in [3.8, 4) is 0 Å². The quantitative estimate of drug-likeness (QED) is 0.387. The van der Waals surface area contributed by atoms with Gasteiger partial charge in [0.2, 0.25) is 0 Å². The summed E-state index contributed by atoms with van der Waals surface area (Å²) in [5.74, 6) is -1.82. The number of Topliss-reactive ketones (excluding diaryl/α,β-unsaturated/α-hetero) is 1. The smallest absolute Gasteiger partial charge is 0.349 e. The third-order valence-corrected chi connectivity index (χ3v) is 13.0. The molecule has 37 heavy (non-hydrogen) atoms. The molecule has 8 atom stereocenters. The van der Waals surface area contributed by atoms with Gasteiger partial charge in [0.25, 0.3) is 0 Å². The van der Waals surface area contributed by atoms with E-state index in [2.05, 4.69) is 41.5 Å². The second-order valence-corrected chi connectivity index (χ2v) is 18.6. The maximum absolute atomic E-state index is 13.6. The average Bonchev–Trinajstić information content (AvgIpc) is 3.24. The fourth-order valence-corrected chi connectivity index (χ4v) is 11.5. The molecule has 0 radical (unpaired) electrons. The van der Waals surface area contributed by atoms with Gasteiger partial charge in [-0.15, -0.1) is 0 Å². The van der Waals surface area contributed by atoms with Gasteiger partial charge < -0.3 is 37.3 Å². The predicted octanol–water partition coefficient (Wildman–Crippen LogP) is 4.12. The summed E-state index contributed by atoms with van der Waals surface area (Å²) in [6, 6.07) is 0. The molecule has 5 aliphatic heterocycles. The van der Waals surface area contributed by atoms with Crippen molar-refractivity contribution in [2.75, 3.05) is 6.61 Å². The number of ketones is 1. The van der Waals surface area contributed by atoms with Crippen molar-refractivity contribution in [1.82, 2.24) is 0 Å². The van der Waals surface area contributed by atoms with E-state index in [-0.39, 0.29) is 34.5 Å². The summed E-state index contributed by atoms with van der Waals surface area (Å²) < 4.78 is 50.0. The molecule has 0 unspecified atom stereocenters. The van der Waals surface area contributed by atoms with E-state index in [1.807, 2.05) is 39.8 Å². The minimum absolute atomic E-state index is 0.110. The number of fused-ring (bicyclic) bond motifs is 4. The first-order valence-corrected chi connectivity index (χ1v) is 15.3. The Balaban J connectivity index is 1.29. The van der Waals surface area contributed by atoms with E-state index in [9.17, 15) is 4.79 Å². The van der Waals surface area contributed by atoms with Crippen molar-refractivity contribution < 1.29 is 42.1 Å². The van der Waals surface area contributed by atoms with Gasteiger partial charge >= 0.3 is 8.56 Å². The van der Waals surface area contributed by atoms with Gasteiger partial charge in [-0.05, 0) is 27.7 Å². The molecule has 0 bridgehead atoms. The molecular formula is C27H44O9Si. The lowest BCUT2D eigenvalue weighted by Gasteiger charge is -2.55. The summed E-state index contributed by atoms with van der Waals surface area (Å²) in [4.78, 5) is 13.6. The first kappa shape index (κ1) is 27.9. The highest BCUT2D eigenvalue weighted by Crippen LogP contribution is 2.54. The van der Waals surface area contributed by atoms with Crippen LogP contribution >= 0.6 is 0 Å². The summed E-state index contributed by atoms with van der Waals surface area (Å²) in [6.07, 6.45) is 0.169. The lowest BCUT2D eigenvalue weighted by Crippen LogP contribution is -2.65. The van der Waals surface area contributed by atoms with E-state index >= 15 is 0 Å². The Labute approximate surface area is 221 Å². The third kappa shape index (κ3) is 4.91. The largest absolute Gasteiger partial charge is 0.391 e. The number of hydrogen-bond acceptors (Lipinski definition) is 9. The van der Waals surface area contributed by atoms with Crippen LogP contribution in [0.25, 0.3) is 0 Å². The summed E-state index contributed by atoms with van der Waals surface area (Å²) >= 11 is 0. The van der Waals surface area contributed by atoms with Crippen molar-refractivity contribution in [3.05, 3.63) is 12.2 Å². The fourth-order valence-electron chi connectivity index (χ4n) is 6.59. The van der Waals surface area contributed by atoms with Crippen LogP contribution in [0.3, 0.4) is 0 Å². The van der Waals surface area contributed by atoms with E-state index in [1.165, 1.54) is 0 Å². The average molecular weight is 541 g/mol. The Bertz CT molecular complexity index is 919. The molecule has 0 N–H and O–H groups in total. The molecule has 210 valence electrons. The molecule has 10 heteroatoms. The van der Waals surface area contributed by atoms with Gasteiger partial charge in [0, 0.05) is 16.5 Å². The van der Waals surface area contributed by atoms with Gasteiger partial charge in [-0.1, -0.05) is 53.7 Å². The number of rotatable bonds is 3. The van der Waals surface area contributed by atoms with Gasteiger partial charge in [0.15, 0.2) is 23.6 Å². The molecular weight excluding hydrogens is 496 g/mol. The van der Waals surface area contributed by atoms with Crippen molar-refractivity contribution in [2.45, 2.75) is 146 Å². The Hall–Kier alpha value is -0.693. The van der Waals surface area contributed by atoms with E-state index < -0.39 is 56.9 Å². The van der Waals surface area contributed by atoms with Crippen LogP contribution in [0.4, 0.5) is 0 Å². The highest BCUT2D eigenvalue weighted by Gasteiger charge is 2.63. The molecule has 5 aliphatic rings. The highest BCUT2D eigenvalue weighted by atomic mass is 28.4. The van der Waals surface area contributed by atoms with Crippen LogP contribution in [0.5, 0.6) is 0 Å². The fraction of sp³-hybridized carbons (Fsp3) is 0.889. The maximum atomic E-state index is 13.6. The molecule has 0 amide bonds. The predicted molar refractivity (Wildman–Crippen MR) is 136 cm³/mol. The Morgan fingerprint density at radius 2 is 1.43 bits per heavy atom. The lowest BCUT2D eigenvalue weighted by atomic mass is 9.93. The summed E-state index contributed by atoms with van der Waals surface area (Å²) in [5, 5.41) is -0.220. The molecule has 4 fully saturated rings. The molecule has 0 aromatic rings. The molecule has 0 aliphatic carbocycles. The monoisotopic (exact) mass is 540 g/mol. The van der Waals surface area contributed by atoms with Crippen molar-refractivity contribution >= 4 is 14.3 Å². The molecule has 9 nitrogen and oxygen atoms in total. The van der Waals surface area contributed by atoms with Crippen molar-refractivity contribution in [2.24, 2.45) is 0 Å². The van der Waals surface area contributed by atoms with Crippen LogP contribution in [0.1, 0.15) is 75.7 Å². The zero-order valence-electron chi connectivity index (χ0n) is 23.9. The van der Waals surface area contributed by atoms with Gasteiger partial charge in [0.1, 0.15) is 30.5 Å². The summed E-state index contributed by atoms with van der Waals surface area (Å²) in [5.41, 5.74) is 0. The van der Waals surface area contributed by atoms with Gasteiger partial charge in [-0.3, -0.25) is 4.79 Å². The van der Waals surface area contributed by atoms with Crippen LogP contribution < -0.4 is 0 Å². The van der Waals surface area contributed by atoms with E-state index in [4.69, 9.17) is 37.3 Å². The second kappa shape index (κ2) is 8.91. The number of carbonyl (C=O) groups excluding carboxylic acids is 1. The Morgan fingerprint density at radius 1 is 0.838 bits per heavy atom. The minimum atomic E-state index is -2.60. The first-order chi connectivity index (χ1) is 16.9. The SMILES string of the molecule is CC1(C)O[C@H]2[C@@H](O1)[C@@H](C(=O)C[C@H]1C=C[C@@H]3O[Si](C(C)(C)C)(C(C)(C)C)OC[C@H]3O1)O[C@@H]1OC(C)(C)O[C@@H]12. The van der Waals surface area contributed by atoms with Crippen molar-refractivity contribution in [3.63, 3.8) is 0 Å². The first-order valence-electron chi connectivity index (χ1n) is 13.5. The van der Waals surface area contributed by atoms with Gasteiger partial charge in [-0.2, -0.15) is 0 Å². The number of carbonyl (C=O) groups is 1. The topological polar surface area (TPSA) is 90.9 Å². The molecule has 5 heterocycles. The molecule has 0 spiro atoms. The zero-order chi connectivity index (χ0) is 27.2. The Kier molecular flexibility index (Phi) is 6.71. The number of hydrogen-bond donors (Lipinski definition) is 0. The van der Waals surface area contributed by atoms with E-state index in [0.29, 0.717) is 6.61 Å². The normalized spacial score (nSPS) is 42.1. The van der Waals surface area contributed by atoms with E-state index in [1.54, 1.807) is 0 Å². The number of ether oxygens (including phenoxy) is 6. The van der Waals surface area contributed by atoms with E-state index in [0.717, 1.165) is 0 Å². The van der Waals surface area contributed by atoms with Gasteiger partial charge in [0.05, 0.1) is 18.8 Å². The summed E-state index contributed by atoms with van der Waals surface area (Å²) in [6.45, 7) is 20.9. The molecule has 0 saturated carbocycles. The van der Waals surface area contributed by atoms with Crippen LogP contribution in [-0.4, -0.2) is 81.5 Å². The lowest BCUT2D eigenvalue weighted by molar-refractivity contribution is -0.231. The molecule has 0 aromatic carbocycles. The van der Waals surface area contributed by atoms with Crippen LogP contribution in [-0.2, 0) is 42.1 Å². The van der Waals surface area contributed by atoms with Crippen LogP contribution in [0, 0.1) is 0 Å². The zero-order valence-corrected chi connectivity index (χ0v) is 24.9.